The second kappa shape index (κ2) is 8.21. The summed E-state index contributed by atoms with van der Waals surface area (Å²) < 4.78 is 0. The first-order valence-corrected chi connectivity index (χ1v) is 10.7. The largest absolute Gasteiger partial charge is 0.343 e. The van der Waals surface area contributed by atoms with Crippen LogP contribution in [0.2, 0.25) is 5.02 Å². The van der Waals surface area contributed by atoms with Crippen LogP contribution in [0.25, 0.3) is 0 Å². The van der Waals surface area contributed by atoms with Gasteiger partial charge in [0.15, 0.2) is 6.04 Å². The van der Waals surface area contributed by atoms with Gasteiger partial charge in [0.25, 0.3) is 5.91 Å². The molecule has 4 rings (SSSR count). The predicted octanol–water partition coefficient (Wildman–Crippen LogP) is 1.28. The lowest BCUT2D eigenvalue weighted by molar-refractivity contribution is -0.920. The summed E-state index contributed by atoms with van der Waals surface area (Å²) in [6, 6.07) is 6.58. The number of imide groups is 1. The van der Waals surface area contributed by atoms with E-state index in [9.17, 15) is 14.4 Å². The highest BCUT2D eigenvalue weighted by atomic mass is 35.5. The maximum absolute atomic E-state index is 12.9. The fourth-order valence-electron chi connectivity index (χ4n) is 4.78. The van der Waals surface area contributed by atoms with Gasteiger partial charge in [0.05, 0.1) is 25.2 Å². The van der Waals surface area contributed by atoms with Crippen LogP contribution in [0, 0.1) is 5.92 Å². The zero-order chi connectivity index (χ0) is 19.7. The standard InChI is InChI=1S/C21H26ClN3O3/c22-16-3-5-17(6-4-16)25-20(27)14-18(21(25)28)23-11-7-15(8-12-23)9-13-24-10-1-2-19(24)26/h3-6,15,18H,1-2,7-14H2/p+1/t18-/m1/s1. The van der Waals surface area contributed by atoms with E-state index in [-0.39, 0.29) is 24.3 Å². The zero-order valence-corrected chi connectivity index (χ0v) is 16.8. The third kappa shape index (κ3) is 3.94. The van der Waals surface area contributed by atoms with E-state index in [1.54, 1.807) is 24.3 Å². The number of carbonyl (C=O) groups excluding carboxylic acids is 3. The molecule has 0 unspecified atom stereocenters. The third-order valence-corrected chi connectivity index (χ3v) is 6.70. The molecule has 0 aromatic heterocycles. The van der Waals surface area contributed by atoms with E-state index in [4.69, 9.17) is 11.6 Å². The first kappa shape index (κ1) is 19.4. The maximum atomic E-state index is 12.9. The summed E-state index contributed by atoms with van der Waals surface area (Å²) in [4.78, 5) is 41.7. The highest BCUT2D eigenvalue weighted by molar-refractivity contribution is 6.30. The molecule has 7 heteroatoms. The molecule has 3 heterocycles. The predicted molar refractivity (Wildman–Crippen MR) is 106 cm³/mol. The van der Waals surface area contributed by atoms with Crippen LogP contribution in [0.5, 0.6) is 0 Å². The van der Waals surface area contributed by atoms with Gasteiger partial charge in [0.1, 0.15) is 0 Å². The molecule has 28 heavy (non-hydrogen) atoms. The number of nitrogens with one attached hydrogen (secondary N) is 1. The van der Waals surface area contributed by atoms with E-state index in [0.717, 1.165) is 51.9 Å². The van der Waals surface area contributed by atoms with Crippen molar-refractivity contribution >= 4 is 35.0 Å². The number of amides is 3. The van der Waals surface area contributed by atoms with E-state index in [0.29, 0.717) is 29.0 Å². The van der Waals surface area contributed by atoms with Crippen molar-refractivity contribution in [3.05, 3.63) is 29.3 Å². The van der Waals surface area contributed by atoms with E-state index in [2.05, 4.69) is 0 Å². The molecule has 0 aliphatic carbocycles. The van der Waals surface area contributed by atoms with Crippen LogP contribution in [-0.4, -0.2) is 54.8 Å². The molecule has 1 N–H and O–H groups in total. The van der Waals surface area contributed by atoms with Crippen molar-refractivity contribution in [3.63, 3.8) is 0 Å². The van der Waals surface area contributed by atoms with Gasteiger partial charge in [-0.25, -0.2) is 4.90 Å². The Morgan fingerprint density at radius 1 is 1.04 bits per heavy atom. The Labute approximate surface area is 170 Å². The molecule has 6 nitrogen and oxygen atoms in total. The Morgan fingerprint density at radius 3 is 2.39 bits per heavy atom. The fourth-order valence-corrected chi connectivity index (χ4v) is 4.90. The quantitative estimate of drug-likeness (QED) is 0.752. The van der Waals surface area contributed by atoms with Crippen LogP contribution in [-0.2, 0) is 14.4 Å². The van der Waals surface area contributed by atoms with E-state index < -0.39 is 0 Å². The summed E-state index contributed by atoms with van der Waals surface area (Å²) in [6.45, 7) is 3.60. The molecule has 1 atom stereocenters. The van der Waals surface area contributed by atoms with E-state index in [1.807, 2.05) is 4.90 Å². The van der Waals surface area contributed by atoms with Crippen LogP contribution in [0.1, 0.15) is 38.5 Å². The molecule has 3 aliphatic heterocycles. The van der Waals surface area contributed by atoms with Crippen molar-refractivity contribution < 1.29 is 19.3 Å². The van der Waals surface area contributed by atoms with Gasteiger partial charge in [-0.15, -0.1) is 0 Å². The molecule has 3 fully saturated rings. The SMILES string of the molecule is O=C1CCCN1CCC1CC[NH+]([C@@H]2CC(=O)N(c3ccc(Cl)cc3)C2=O)CC1. The van der Waals surface area contributed by atoms with Crippen LogP contribution < -0.4 is 9.80 Å². The number of hydrogen-bond donors (Lipinski definition) is 1. The highest BCUT2D eigenvalue weighted by Gasteiger charge is 2.46. The van der Waals surface area contributed by atoms with Gasteiger partial charge >= 0.3 is 0 Å². The van der Waals surface area contributed by atoms with Gasteiger partial charge < -0.3 is 9.80 Å². The Kier molecular flexibility index (Phi) is 5.69. The first-order chi connectivity index (χ1) is 13.5. The van der Waals surface area contributed by atoms with Crippen LogP contribution in [0.15, 0.2) is 24.3 Å². The molecule has 3 aliphatic rings. The smallest absolute Gasteiger partial charge is 0.292 e. The average Bonchev–Trinajstić information content (AvgIpc) is 3.24. The van der Waals surface area contributed by atoms with Crippen molar-refractivity contribution in [2.75, 3.05) is 31.1 Å². The van der Waals surface area contributed by atoms with Crippen molar-refractivity contribution in [2.24, 2.45) is 5.92 Å². The molecular formula is C21H27ClN3O3+. The summed E-state index contributed by atoms with van der Waals surface area (Å²) in [5.41, 5.74) is 0.603. The van der Waals surface area contributed by atoms with Gasteiger partial charge in [-0.2, -0.15) is 0 Å². The lowest BCUT2D eigenvalue weighted by atomic mass is 9.92. The third-order valence-electron chi connectivity index (χ3n) is 6.45. The number of benzene rings is 1. The minimum Gasteiger partial charge on any atom is -0.343 e. The number of piperidine rings is 1. The van der Waals surface area contributed by atoms with E-state index in [1.165, 1.54) is 9.80 Å². The van der Waals surface area contributed by atoms with Crippen molar-refractivity contribution in [1.82, 2.24) is 4.90 Å². The second-order valence-electron chi connectivity index (χ2n) is 8.18. The number of quaternary nitrogens is 1. The molecule has 0 saturated carbocycles. The summed E-state index contributed by atoms with van der Waals surface area (Å²) in [5, 5.41) is 0.586. The normalized spacial score (nSPS) is 28.5. The number of nitrogens with zero attached hydrogens (tertiary/aromatic N) is 2. The molecule has 3 amide bonds. The minimum atomic E-state index is -0.274. The maximum Gasteiger partial charge on any atom is 0.292 e. The Morgan fingerprint density at radius 2 is 1.75 bits per heavy atom. The Hall–Kier alpha value is -1.92. The number of likely N-dealkylation sites (tertiary alicyclic amines) is 2. The molecule has 1 aromatic rings. The molecule has 0 spiro atoms. The summed E-state index contributed by atoms with van der Waals surface area (Å²) in [7, 11) is 0. The van der Waals surface area contributed by atoms with Crippen LogP contribution in [0.4, 0.5) is 5.69 Å². The molecule has 1 aromatic carbocycles. The summed E-state index contributed by atoms with van der Waals surface area (Å²) in [6.07, 6.45) is 5.12. The fraction of sp³-hybridized carbons (Fsp3) is 0.571. The number of halogens is 1. The number of anilines is 1. The molecule has 3 saturated heterocycles. The van der Waals surface area contributed by atoms with Gasteiger partial charge in [0, 0.05) is 24.5 Å². The summed E-state index contributed by atoms with van der Waals surface area (Å²) in [5.74, 6) is 0.681. The lowest BCUT2D eigenvalue weighted by Gasteiger charge is -2.32. The van der Waals surface area contributed by atoms with Crippen LogP contribution in [0.3, 0.4) is 0 Å². The Bertz CT molecular complexity index is 759. The first-order valence-electron chi connectivity index (χ1n) is 10.3. The van der Waals surface area contributed by atoms with Gasteiger partial charge in [-0.3, -0.25) is 14.4 Å². The number of hydrogen-bond acceptors (Lipinski definition) is 3. The lowest BCUT2D eigenvalue weighted by Crippen LogP contribution is -3.17. The highest BCUT2D eigenvalue weighted by Crippen LogP contribution is 2.24. The topological polar surface area (TPSA) is 62.1 Å². The molecular weight excluding hydrogens is 378 g/mol. The van der Waals surface area contributed by atoms with E-state index >= 15 is 0 Å². The molecule has 0 radical (unpaired) electrons. The van der Waals surface area contributed by atoms with Crippen molar-refractivity contribution in [3.8, 4) is 0 Å². The number of rotatable bonds is 5. The zero-order valence-electron chi connectivity index (χ0n) is 16.0. The number of carbonyl (C=O) groups is 3. The minimum absolute atomic E-state index is 0.0940. The Balaban J connectivity index is 1.31. The van der Waals surface area contributed by atoms with Gasteiger partial charge in [-0.1, -0.05) is 11.6 Å². The molecule has 150 valence electrons. The monoisotopic (exact) mass is 404 g/mol. The van der Waals surface area contributed by atoms with Crippen molar-refractivity contribution in [2.45, 2.75) is 44.6 Å². The average molecular weight is 405 g/mol. The molecule has 0 bridgehead atoms. The van der Waals surface area contributed by atoms with Crippen LogP contribution >= 0.6 is 11.6 Å². The van der Waals surface area contributed by atoms with Gasteiger partial charge in [0.2, 0.25) is 11.8 Å². The van der Waals surface area contributed by atoms with Crippen molar-refractivity contribution in [1.29, 1.82) is 0 Å². The summed E-state index contributed by atoms with van der Waals surface area (Å²) >= 11 is 5.92. The second-order valence-corrected chi connectivity index (χ2v) is 8.61. The van der Waals surface area contributed by atoms with Gasteiger partial charge in [-0.05, 0) is 55.9 Å².